The van der Waals surface area contributed by atoms with E-state index in [0.717, 1.165) is 16.6 Å². The minimum absolute atomic E-state index is 0.0908. The first-order valence-corrected chi connectivity index (χ1v) is 8.62. The van der Waals surface area contributed by atoms with Crippen molar-refractivity contribution in [3.63, 3.8) is 0 Å². The van der Waals surface area contributed by atoms with Gasteiger partial charge in [0.05, 0.1) is 11.1 Å². The van der Waals surface area contributed by atoms with Crippen LogP contribution in [-0.2, 0) is 6.18 Å². The number of Topliss-reactive ketones (excluding diaryl/α,β-unsaturated/α-hetero) is 1. The van der Waals surface area contributed by atoms with E-state index in [2.05, 4.69) is 15.9 Å². The molecule has 0 amide bonds. The van der Waals surface area contributed by atoms with Crippen LogP contribution >= 0.6 is 15.9 Å². The molecule has 3 aromatic rings. The van der Waals surface area contributed by atoms with Crippen LogP contribution in [0.2, 0.25) is 0 Å². The average Bonchev–Trinajstić information content (AvgIpc) is 3.21. The van der Waals surface area contributed by atoms with Gasteiger partial charge in [0.1, 0.15) is 17.3 Å². The number of halogens is 4. The van der Waals surface area contributed by atoms with E-state index in [4.69, 9.17) is 9.15 Å². The van der Waals surface area contributed by atoms with Crippen molar-refractivity contribution in [1.29, 1.82) is 0 Å². The van der Waals surface area contributed by atoms with E-state index in [0.29, 0.717) is 22.6 Å². The van der Waals surface area contributed by atoms with Gasteiger partial charge in [-0.25, -0.2) is 0 Å². The first-order valence-electron chi connectivity index (χ1n) is 7.82. The van der Waals surface area contributed by atoms with Gasteiger partial charge >= 0.3 is 6.18 Å². The molecular weight excluding hydrogens is 425 g/mol. The number of ketones is 1. The summed E-state index contributed by atoms with van der Waals surface area (Å²) in [5.74, 6) is 0.812. The number of alkyl halides is 3. The number of allylic oxidation sites excluding steroid dienone is 1. The predicted octanol–water partition coefficient (Wildman–Crippen LogP) is 6.34. The van der Waals surface area contributed by atoms with Crippen LogP contribution in [0.15, 0.2) is 69.2 Å². The normalized spacial score (nSPS) is 15.1. The maximum Gasteiger partial charge on any atom is 0.416 e. The first kappa shape index (κ1) is 17.6. The molecule has 27 heavy (non-hydrogen) atoms. The number of hydrogen-bond acceptors (Lipinski definition) is 3. The van der Waals surface area contributed by atoms with Gasteiger partial charge < -0.3 is 9.15 Å². The summed E-state index contributed by atoms with van der Waals surface area (Å²) >= 11 is 3.30. The third-order valence-electron chi connectivity index (χ3n) is 4.00. The number of fused-ring (bicyclic) bond motifs is 1. The van der Waals surface area contributed by atoms with E-state index in [9.17, 15) is 18.0 Å². The van der Waals surface area contributed by atoms with Crippen molar-refractivity contribution in [2.45, 2.75) is 6.18 Å². The smallest absolute Gasteiger partial charge is 0.416 e. The second-order valence-corrected chi connectivity index (χ2v) is 6.78. The lowest BCUT2D eigenvalue weighted by Gasteiger charge is -2.07. The van der Waals surface area contributed by atoms with Crippen molar-refractivity contribution in [2.75, 3.05) is 0 Å². The number of ether oxygens (including phenoxy) is 1. The number of benzene rings is 2. The van der Waals surface area contributed by atoms with E-state index in [1.807, 2.05) is 0 Å². The molecule has 0 bridgehead atoms. The zero-order valence-corrected chi connectivity index (χ0v) is 15.1. The van der Waals surface area contributed by atoms with Gasteiger partial charge in [-0.1, -0.05) is 28.1 Å². The summed E-state index contributed by atoms with van der Waals surface area (Å²) in [6, 6.07) is 13.1. The summed E-state index contributed by atoms with van der Waals surface area (Å²) in [6.07, 6.45) is -3.01. The maximum absolute atomic E-state index is 12.9. The predicted molar refractivity (Wildman–Crippen MR) is 96.2 cm³/mol. The van der Waals surface area contributed by atoms with E-state index in [1.165, 1.54) is 18.2 Å². The third kappa shape index (κ3) is 3.42. The zero-order chi connectivity index (χ0) is 19.2. The summed E-state index contributed by atoms with van der Waals surface area (Å²) in [7, 11) is 0. The maximum atomic E-state index is 12.9. The van der Waals surface area contributed by atoms with Crippen molar-refractivity contribution < 1.29 is 27.1 Å². The molecule has 4 rings (SSSR count). The van der Waals surface area contributed by atoms with Gasteiger partial charge in [0.2, 0.25) is 5.78 Å². The fourth-order valence-electron chi connectivity index (χ4n) is 2.72. The quantitative estimate of drug-likeness (QED) is 0.441. The number of carbonyl (C=O) groups is 1. The van der Waals surface area contributed by atoms with E-state index >= 15 is 0 Å². The molecule has 0 fully saturated rings. The lowest BCUT2D eigenvalue weighted by Crippen LogP contribution is -2.04. The molecule has 7 heteroatoms. The summed E-state index contributed by atoms with van der Waals surface area (Å²) < 4.78 is 50.5. The SMILES string of the molecule is O=C1/C(=C/c2ccc(-c3cccc(C(F)(F)F)c3)o2)Oc2ccc(Br)cc21. The van der Waals surface area contributed by atoms with Crippen molar-refractivity contribution in [3.05, 3.63) is 81.7 Å². The molecule has 1 aromatic heterocycles. The minimum Gasteiger partial charge on any atom is -0.457 e. The molecule has 0 saturated carbocycles. The molecule has 0 aliphatic carbocycles. The molecular formula is C20H10BrF3O3. The highest BCUT2D eigenvalue weighted by Gasteiger charge is 2.31. The van der Waals surface area contributed by atoms with Gasteiger partial charge in [-0.05, 0) is 42.5 Å². The Morgan fingerprint density at radius 1 is 1.00 bits per heavy atom. The second kappa shape index (κ2) is 6.42. The molecule has 0 radical (unpaired) electrons. The Morgan fingerprint density at radius 3 is 2.59 bits per heavy atom. The Bertz CT molecular complexity index is 1080. The zero-order valence-electron chi connectivity index (χ0n) is 13.5. The van der Waals surface area contributed by atoms with Crippen LogP contribution in [0.3, 0.4) is 0 Å². The minimum atomic E-state index is -4.43. The molecule has 0 unspecified atom stereocenters. The number of rotatable bonds is 2. The van der Waals surface area contributed by atoms with Gasteiger partial charge in [0, 0.05) is 16.1 Å². The summed E-state index contributed by atoms with van der Waals surface area (Å²) in [5, 5.41) is 0. The molecule has 2 aromatic carbocycles. The van der Waals surface area contributed by atoms with E-state index < -0.39 is 11.7 Å². The van der Waals surface area contributed by atoms with Crippen LogP contribution in [0.4, 0.5) is 13.2 Å². The molecule has 0 spiro atoms. The lowest BCUT2D eigenvalue weighted by molar-refractivity contribution is -0.137. The van der Waals surface area contributed by atoms with Crippen molar-refractivity contribution in [2.24, 2.45) is 0 Å². The molecule has 0 N–H and O–H groups in total. The summed E-state index contributed by atoms with van der Waals surface area (Å²) in [5.41, 5.74) is -0.0349. The Morgan fingerprint density at radius 2 is 1.81 bits per heavy atom. The highest BCUT2D eigenvalue weighted by atomic mass is 79.9. The van der Waals surface area contributed by atoms with Gasteiger partial charge in [-0.15, -0.1) is 0 Å². The molecule has 2 heterocycles. The molecule has 1 aliphatic rings. The van der Waals surface area contributed by atoms with E-state index in [-0.39, 0.29) is 17.3 Å². The van der Waals surface area contributed by atoms with Crippen molar-refractivity contribution >= 4 is 27.8 Å². The molecule has 0 atom stereocenters. The van der Waals surface area contributed by atoms with Gasteiger partial charge in [0.15, 0.2) is 5.76 Å². The third-order valence-corrected chi connectivity index (χ3v) is 4.50. The van der Waals surface area contributed by atoms with Crippen LogP contribution in [-0.4, -0.2) is 5.78 Å². The Hall–Kier alpha value is -2.80. The van der Waals surface area contributed by atoms with Gasteiger partial charge in [0.25, 0.3) is 0 Å². The van der Waals surface area contributed by atoms with Gasteiger partial charge in [-0.3, -0.25) is 4.79 Å². The summed E-state index contributed by atoms with van der Waals surface area (Å²) in [4.78, 5) is 12.4. The van der Waals surface area contributed by atoms with Crippen molar-refractivity contribution in [1.82, 2.24) is 0 Å². The molecule has 3 nitrogen and oxygen atoms in total. The largest absolute Gasteiger partial charge is 0.457 e. The fraction of sp³-hybridized carbons (Fsp3) is 0.0500. The van der Waals surface area contributed by atoms with Crippen LogP contribution in [0.5, 0.6) is 5.75 Å². The monoisotopic (exact) mass is 434 g/mol. The highest BCUT2D eigenvalue weighted by molar-refractivity contribution is 9.10. The average molecular weight is 435 g/mol. The second-order valence-electron chi connectivity index (χ2n) is 5.86. The van der Waals surface area contributed by atoms with Crippen LogP contribution in [0, 0.1) is 0 Å². The van der Waals surface area contributed by atoms with E-state index in [1.54, 1.807) is 30.3 Å². The fourth-order valence-corrected chi connectivity index (χ4v) is 3.09. The summed E-state index contributed by atoms with van der Waals surface area (Å²) in [6.45, 7) is 0. The number of carbonyl (C=O) groups excluding carboxylic acids is 1. The van der Waals surface area contributed by atoms with Crippen molar-refractivity contribution in [3.8, 4) is 17.1 Å². The standard InChI is InChI=1S/C20H10BrF3O3/c21-13-4-6-17-15(9-13)19(25)18(27-17)10-14-5-7-16(26-14)11-2-1-3-12(8-11)20(22,23)24/h1-10H/b18-10-. The van der Waals surface area contributed by atoms with Crippen LogP contribution < -0.4 is 4.74 Å². The highest BCUT2D eigenvalue weighted by Crippen LogP contribution is 2.35. The molecule has 136 valence electrons. The molecule has 1 aliphatic heterocycles. The first-order chi connectivity index (χ1) is 12.8. The van der Waals surface area contributed by atoms with Crippen LogP contribution in [0.25, 0.3) is 17.4 Å². The van der Waals surface area contributed by atoms with Gasteiger partial charge in [-0.2, -0.15) is 13.2 Å². The number of furan rings is 1. The Kier molecular flexibility index (Phi) is 4.19. The Balaban J connectivity index is 1.63. The molecule has 0 saturated heterocycles. The van der Waals surface area contributed by atoms with Crippen LogP contribution in [0.1, 0.15) is 21.7 Å². The lowest BCUT2D eigenvalue weighted by atomic mass is 10.1. The topological polar surface area (TPSA) is 39.4 Å². The number of hydrogen-bond donors (Lipinski definition) is 0. The Labute approximate surface area is 160 Å².